The van der Waals surface area contributed by atoms with Crippen molar-refractivity contribution in [1.29, 1.82) is 5.26 Å². The molecule has 0 aromatic rings. The van der Waals surface area contributed by atoms with Crippen LogP contribution in [0.3, 0.4) is 0 Å². The first-order chi connectivity index (χ1) is 10.6. The maximum Gasteiger partial charge on any atom is 0.311 e. The third-order valence-electron chi connectivity index (χ3n) is 5.16. The van der Waals surface area contributed by atoms with Crippen LogP contribution >= 0.6 is 0 Å². The predicted molar refractivity (Wildman–Crippen MR) is 84.6 cm³/mol. The molecule has 2 spiro atoms. The molecule has 0 aromatic carbocycles. The zero-order chi connectivity index (χ0) is 15.7. The fraction of sp³-hybridized carbons (Fsp3) is 0.474. The Morgan fingerprint density at radius 1 is 1.14 bits per heavy atom. The minimum absolute atomic E-state index is 0.0476. The van der Waals surface area contributed by atoms with Crippen LogP contribution in [-0.4, -0.2) is 13.1 Å². The van der Waals surface area contributed by atoms with Crippen LogP contribution in [0.5, 0.6) is 0 Å². The van der Waals surface area contributed by atoms with Crippen LogP contribution in [0.15, 0.2) is 48.6 Å². The highest BCUT2D eigenvalue weighted by Gasteiger charge is 2.57. The molecule has 0 amide bonds. The van der Waals surface area contributed by atoms with Gasteiger partial charge in [-0.3, -0.25) is 4.79 Å². The maximum atomic E-state index is 12.1. The summed E-state index contributed by atoms with van der Waals surface area (Å²) < 4.78 is 4.98. The quantitative estimate of drug-likeness (QED) is 0.587. The van der Waals surface area contributed by atoms with Crippen molar-refractivity contribution in [2.75, 3.05) is 7.11 Å². The smallest absolute Gasteiger partial charge is 0.311 e. The van der Waals surface area contributed by atoms with E-state index in [0.29, 0.717) is 12.8 Å². The molecule has 1 saturated carbocycles. The summed E-state index contributed by atoms with van der Waals surface area (Å²) in [6.45, 7) is 0. The monoisotopic (exact) mass is 295 g/mol. The molecule has 0 aromatic heterocycles. The van der Waals surface area contributed by atoms with Gasteiger partial charge in [-0.15, -0.1) is 0 Å². The molecule has 22 heavy (non-hydrogen) atoms. The van der Waals surface area contributed by atoms with E-state index < -0.39 is 5.41 Å². The average Bonchev–Trinajstić information content (AvgIpc) is 2.53. The van der Waals surface area contributed by atoms with Crippen molar-refractivity contribution < 1.29 is 9.53 Å². The zero-order valence-corrected chi connectivity index (χ0v) is 12.9. The van der Waals surface area contributed by atoms with Gasteiger partial charge < -0.3 is 4.74 Å². The first-order valence-electron chi connectivity index (χ1n) is 7.79. The molecule has 0 bridgehead atoms. The minimum atomic E-state index is -0.484. The second-order valence-electron chi connectivity index (χ2n) is 6.72. The lowest BCUT2D eigenvalue weighted by molar-refractivity contribution is -0.164. The van der Waals surface area contributed by atoms with Crippen molar-refractivity contribution in [3.63, 3.8) is 0 Å². The molecular formula is C19H21NO2. The number of carbonyl (C=O) groups excluding carboxylic acids is 1. The summed E-state index contributed by atoms with van der Waals surface area (Å²) in [5.41, 5.74) is -0.615. The first kappa shape index (κ1) is 14.8. The summed E-state index contributed by atoms with van der Waals surface area (Å²) in [4.78, 5) is 12.1. The molecule has 0 N–H and O–H groups in total. The fourth-order valence-corrected chi connectivity index (χ4v) is 4.01. The van der Waals surface area contributed by atoms with Crippen molar-refractivity contribution in [3.05, 3.63) is 48.6 Å². The Morgan fingerprint density at radius 3 is 2.32 bits per heavy atom. The van der Waals surface area contributed by atoms with Gasteiger partial charge in [0, 0.05) is 17.3 Å². The van der Waals surface area contributed by atoms with Crippen LogP contribution in [0.4, 0.5) is 0 Å². The number of nitriles is 1. The van der Waals surface area contributed by atoms with E-state index in [2.05, 4.69) is 54.7 Å². The molecule has 0 heterocycles. The van der Waals surface area contributed by atoms with Gasteiger partial charge in [0.05, 0.1) is 18.6 Å². The minimum Gasteiger partial charge on any atom is -0.469 e. The Hall–Kier alpha value is -2.08. The van der Waals surface area contributed by atoms with Crippen LogP contribution in [0, 0.1) is 27.6 Å². The Balaban J connectivity index is 1.75. The van der Waals surface area contributed by atoms with E-state index in [1.165, 1.54) is 7.11 Å². The Bertz CT molecular complexity index is 594. The van der Waals surface area contributed by atoms with Crippen LogP contribution in [-0.2, 0) is 9.53 Å². The fourth-order valence-electron chi connectivity index (χ4n) is 4.01. The Kier molecular flexibility index (Phi) is 3.56. The predicted octanol–water partition coefficient (Wildman–Crippen LogP) is 3.86. The standard InChI is InChI=1S/C19H21NO2/c1-22-16(21)19(8-5-13-20)14-18(15-19)11-9-17(10-12-18)6-3-2-4-7-17/h3-4,6-7,9-12H,2,5,8,14-15H2,1H3. The number of allylic oxidation sites excluding steroid dienone is 8. The van der Waals surface area contributed by atoms with Crippen molar-refractivity contribution in [2.45, 2.75) is 32.1 Å². The molecule has 3 heteroatoms. The van der Waals surface area contributed by atoms with Gasteiger partial charge in [0.1, 0.15) is 0 Å². The summed E-state index contributed by atoms with van der Waals surface area (Å²) in [6, 6.07) is 2.15. The van der Waals surface area contributed by atoms with Crippen molar-refractivity contribution in [1.82, 2.24) is 0 Å². The van der Waals surface area contributed by atoms with Crippen LogP contribution in [0.1, 0.15) is 32.1 Å². The largest absolute Gasteiger partial charge is 0.469 e. The molecule has 0 atom stereocenters. The van der Waals surface area contributed by atoms with Crippen LogP contribution in [0.2, 0.25) is 0 Å². The number of methoxy groups -OCH3 is 1. The van der Waals surface area contributed by atoms with Gasteiger partial charge in [0.2, 0.25) is 0 Å². The maximum absolute atomic E-state index is 12.1. The zero-order valence-electron chi connectivity index (χ0n) is 12.9. The summed E-state index contributed by atoms with van der Waals surface area (Å²) in [6.07, 6.45) is 21.2. The molecule has 0 saturated heterocycles. The molecule has 3 rings (SSSR count). The molecule has 0 unspecified atom stereocenters. The van der Waals surface area contributed by atoms with Crippen molar-refractivity contribution >= 4 is 5.97 Å². The van der Waals surface area contributed by atoms with Crippen LogP contribution in [0.25, 0.3) is 0 Å². The van der Waals surface area contributed by atoms with E-state index in [1.807, 2.05) is 0 Å². The normalized spacial score (nSPS) is 24.9. The van der Waals surface area contributed by atoms with E-state index in [4.69, 9.17) is 10.00 Å². The number of ether oxygens (including phenoxy) is 1. The third-order valence-corrected chi connectivity index (χ3v) is 5.16. The summed E-state index contributed by atoms with van der Waals surface area (Å²) in [5, 5.41) is 8.83. The molecule has 3 aliphatic rings. The van der Waals surface area contributed by atoms with E-state index in [0.717, 1.165) is 19.3 Å². The summed E-state index contributed by atoms with van der Waals surface area (Å²) in [7, 11) is 1.43. The lowest BCUT2D eigenvalue weighted by Crippen LogP contribution is -2.51. The molecule has 3 nitrogen and oxygen atoms in total. The van der Waals surface area contributed by atoms with Crippen molar-refractivity contribution in [2.24, 2.45) is 16.2 Å². The lowest BCUT2D eigenvalue weighted by Gasteiger charge is -2.53. The van der Waals surface area contributed by atoms with Gasteiger partial charge in [-0.1, -0.05) is 48.6 Å². The Morgan fingerprint density at radius 2 is 1.77 bits per heavy atom. The number of carbonyl (C=O) groups is 1. The second-order valence-corrected chi connectivity index (χ2v) is 6.72. The number of hydrogen-bond donors (Lipinski definition) is 0. The van der Waals surface area contributed by atoms with Crippen molar-refractivity contribution in [3.8, 4) is 6.07 Å². The molecule has 3 aliphatic carbocycles. The third kappa shape index (κ3) is 2.33. The van der Waals surface area contributed by atoms with Gasteiger partial charge in [0.25, 0.3) is 0 Å². The van der Waals surface area contributed by atoms with Crippen LogP contribution < -0.4 is 0 Å². The van der Waals surface area contributed by atoms with Gasteiger partial charge in [-0.2, -0.15) is 5.26 Å². The van der Waals surface area contributed by atoms with E-state index >= 15 is 0 Å². The summed E-state index contributed by atoms with van der Waals surface area (Å²) >= 11 is 0. The molecule has 114 valence electrons. The lowest BCUT2D eigenvalue weighted by atomic mass is 9.49. The molecule has 1 fully saturated rings. The topological polar surface area (TPSA) is 50.1 Å². The number of esters is 1. The number of rotatable bonds is 3. The second kappa shape index (κ2) is 5.28. The number of hydrogen-bond acceptors (Lipinski definition) is 3. The average molecular weight is 295 g/mol. The highest BCUT2D eigenvalue weighted by molar-refractivity contribution is 5.79. The molecular weight excluding hydrogens is 274 g/mol. The molecule has 0 radical (unpaired) electrons. The first-order valence-corrected chi connectivity index (χ1v) is 7.79. The van der Waals surface area contributed by atoms with Gasteiger partial charge >= 0.3 is 5.97 Å². The van der Waals surface area contributed by atoms with Gasteiger partial charge in [0.15, 0.2) is 0 Å². The molecule has 0 aliphatic heterocycles. The van der Waals surface area contributed by atoms with Gasteiger partial charge in [-0.05, 0) is 25.7 Å². The van der Waals surface area contributed by atoms with E-state index in [1.54, 1.807) is 0 Å². The summed E-state index contributed by atoms with van der Waals surface area (Å²) in [5.74, 6) is -0.173. The highest BCUT2D eigenvalue weighted by atomic mass is 16.5. The van der Waals surface area contributed by atoms with Gasteiger partial charge in [-0.25, -0.2) is 0 Å². The van der Waals surface area contributed by atoms with E-state index in [-0.39, 0.29) is 16.8 Å². The number of nitrogens with zero attached hydrogens (tertiary/aromatic N) is 1. The van der Waals surface area contributed by atoms with E-state index in [9.17, 15) is 4.79 Å². The highest BCUT2D eigenvalue weighted by Crippen LogP contribution is 2.61. The SMILES string of the molecule is COC(=O)C1(CCC#N)CC2(C=CC3(C=CCC=C3)C=C2)C1. The Labute approximate surface area is 131 Å².